The van der Waals surface area contributed by atoms with Crippen molar-refractivity contribution in [1.82, 2.24) is 4.57 Å². The number of para-hydroxylation sites is 1. The summed E-state index contributed by atoms with van der Waals surface area (Å²) in [7, 11) is 0. The maximum atomic E-state index is 12.8. The van der Waals surface area contributed by atoms with Crippen molar-refractivity contribution in [3.63, 3.8) is 0 Å². The molecule has 4 nitrogen and oxygen atoms in total. The van der Waals surface area contributed by atoms with Crippen LogP contribution in [0.3, 0.4) is 0 Å². The van der Waals surface area contributed by atoms with Gasteiger partial charge in [-0.3, -0.25) is 4.79 Å². The highest BCUT2D eigenvalue weighted by atomic mass is 16.5. The molecule has 1 heterocycles. The fourth-order valence-electron chi connectivity index (χ4n) is 4.76. The summed E-state index contributed by atoms with van der Waals surface area (Å²) in [5.74, 6) is 0.626. The van der Waals surface area contributed by atoms with Crippen LogP contribution < -0.4 is 10.1 Å². The first-order valence-electron chi connectivity index (χ1n) is 11.2. The molecule has 31 heavy (non-hydrogen) atoms. The van der Waals surface area contributed by atoms with Crippen molar-refractivity contribution in [3.05, 3.63) is 71.8 Å². The Labute approximate surface area is 182 Å². The van der Waals surface area contributed by atoms with Crippen molar-refractivity contribution >= 4 is 33.4 Å². The first-order valence-corrected chi connectivity index (χ1v) is 11.2. The number of rotatable bonds is 5. The van der Waals surface area contributed by atoms with Gasteiger partial charge in [-0.1, -0.05) is 24.3 Å². The molecule has 1 N–H and O–H groups in total. The smallest absolute Gasteiger partial charge is 0.265 e. The van der Waals surface area contributed by atoms with E-state index in [9.17, 15) is 4.79 Å². The minimum atomic E-state index is -0.575. The Kier molecular flexibility index (Phi) is 5.14. The molecule has 158 valence electrons. The third kappa shape index (κ3) is 3.67. The van der Waals surface area contributed by atoms with Crippen LogP contribution in [0.2, 0.25) is 0 Å². The van der Waals surface area contributed by atoms with Crippen molar-refractivity contribution in [2.75, 3.05) is 5.32 Å². The number of nitrogens with zero attached hydrogens (tertiary/aromatic N) is 1. The normalized spacial score (nSPS) is 14.4. The van der Waals surface area contributed by atoms with E-state index in [-0.39, 0.29) is 5.91 Å². The minimum Gasteiger partial charge on any atom is -0.481 e. The highest BCUT2D eigenvalue weighted by Gasteiger charge is 2.18. The SMILES string of the molecule is CCn1c2ccccc2c2cc(NC(=O)[C@@H](C)Oc3ccc4c(c3)CCCC4)ccc21. The van der Waals surface area contributed by atoms with E-state index in [1.165, 1.54) is 40.4 Å². The number of aromatic nitrogens is 1. The molecule has 1 atom stereocenters. The summed E-state index contributed by atoms with van der Waals surface area (Å²) in [6.45, 7) is 4.86. The Hall–Kier alpha value is -3.27. The second-order valence-corrected chi connectivity index (χ2v) is 8.38. The van der Waals surface area contributed by atoms with Gasteiger partial charge in [-0.2, -0.15) is 0 Å². The predicted octanol–water partition coefficient (Wildman–Crippen LogP) is 6.10. The van der Waals surface area contributed by atoms with E-state index in [1.54, 1.807) is 6.92 Å². The molecule has 0 saturated heterocycles. The van der Waals surface area contributed by atoms with Crippen LogP contribution in [0.25, 0.3) is 21.8 Å². The lowest BCUT2D eigenvalue weighted by Crippen LogP contribution is -2.30. The number of fused-ring (bicyclic) bond motifs is 4. The van der Waals surface area contributed by atoms with Crippen LogP contribution in [-0.2, 0) is 24.2 Å². The Morgan fingerprint density at radius 2 is 1.74 bits per heavy atom. The molecule has 0 bridgehead atoms. The summed E-state index contributed by atoms with van der Waals surface area (Å²) in [6.07, 6.45) is 4.15. The Morgan fingerprint density at radius 3 is 2.58 bits per heavy atom. The maximum absolute atomic E-state index is 12.8. The number of hydrogen-bond donors (Lipinski definition) is 1. The van der Waals surface area contributed by atoms with Crippen LogP contribution in [0.1, 0.15) is 37.8 Å². The van der Waals surface area contributed by atoms with E-state index in [4.69, 9.17) is 4.74 Å². The highest BCUT2D eigenvalue weighted by molar-refractivity contribution is 6.10. The molecule has 1 amide bonds. The number of carbonyl (C=O) groups excluding carboxylic acids is 1. The summed E-state index contributed by atoms with van der Waals surface area (Å²) < 4.78 is 8.28. The van der Waals surface area contributed by atoms with Gasteiger partial charge in [0.25, 0.3) is 5.91 Å². The van der Waals surface area contributed by atoms with E-state index < -0.39 is 6.10 Å². The van der Waals surface area contributed by atoms with Gasteiger partial charge in [-0.15, -0.1) is 0 Å². The van der Waals surface area contributed by atoms with Crippen molar-refractivity contribution in [2.45, 2.75) is 52.2 Å². The zero-order valence-electron chi connectivity index (χ0n) is 18.2. The number of benzene rings is 3. The molecule has 5 rings (SSSR count). The molecule has 3 aromatic carbocycles. The third-order valence-electron chi connectivity index (χ3n) is 6.36. The molecule has 0 spiro atoms. The zero-order valence-corrected chi connectivity index (χ0v) is 18.2. The van der Waals surface area contributed by atoms with Gasteiger partial charge in [0.1, 0.15) is 5.75 Å². The van der Waals surface area contributed by atoms with Crippen molar-refractivity contribution in [3.8, 4) is 5.75 Å². The van der Waals surface area contributed by atoms with Crippen LogP contribution in [0.5, 0.6) is 5.75 Å². The van der Waals surface area contributed by atoms with E-state index in [1.807, 2.05) is 12.1 Å². The topological polar surface area (TPSA) is 43.3 Å². The number of ether oxygens (including phenoxy) is 1. The van der Waals surface area contributed by atoms with Crippen LogP contribution in [0, 0.1) is 0 Å². The zero-order chi connectivity index (χ0) is 21.4. The molecule has 4 heteroatoms. The van der Waals surface area contributed by atoms with E-state index in [0.29, 0.717) is 0 Å². The fourth-order valence-corrected chi connectivity index (χ4v) is 4.76. The highest BCUT2D eigenvalue weighted by Crippen LogP contribution is 2.31. The Bertz CT molecular complexity index is 1270. The predicted molar refractivity (Wildman–Crippen MR) is 127 cm³/mol. The van der Waals surface area contributed by atoms with Gasteiger partial charge in [0, 0.05) is 34.0 Å². The van der Waals surface area contributed by atoms with E-state index >= 15 is 0 Å². The Morgan fingerprint density at radius 1 is 0.968 bits per heavy atom. The molecule has 0 radical (unpaired) electrons. The summed E-state index contributed by atoms with van der Waals surface area (Å²) >= 11 is 0. The largest absolute Gasteiger partial charge is 0.481 e. The fraction of sp³-hybridized carbons (Fsp3) is 0.296. The lowest BCUT2D eigenvalue weighted by Gasteiger charge is -2.19. The molecule has 0 fully saturated rings. The summed E-state index contributed by atoms with van der Waals surface area (Å²) in [4.78, 5) is 12.8. The van der Waals surface area contributed by atoms with Gasteiger partial charge in [0.15, 0.2) is 6.10 Å². The quantitative estimate of drug-likeness (QED) is 0.430. The molecular weight excluding hydrogens is 384 g/mol. The average Bonchev–Trinajstić information content (AvgIpc) is 3.12. The van der Waals surface area contributed by atoms with E-state index in [0.717, 1.165) is 36.2 Å². The third-order valence-corrected chi connectivity index (χ3v) is 6.36. The number of amides is 1. The lowest BCUT2D eigenvalue weighted by molar-refractivity contribution is -0.122. The molecule has 4 aromatic rings. The molecule has 0 unspecified atom stereocenters. The van der Waals surface area contributed by atoms with Gasteiger partial charge in [0.2, 0.25) is 0 Å². The van der Waals surface area contributed by atoms with Crippen molar-refractivity contribution in [2.24, 2.45) is 0 Å². The van der Waals surface area contributed by atoms with Gasteiger partial charge >= 0.3 is 0 Å². The molecule has 1 aliphatic rings. The van der Waals surface area contributed by atoms with Crippen LogP contribution in [0.4, 0.5) is 5.69 Å². The van der Waals surface area contributed by atoms with Gasteiger partial charge in [0.05, 0.1) is 0 Å². The Balaban J connectivity index is 1.35. The monoisotopic (exact) mass is 412 g/mol. The van der Waals surface area contributed by atoms with Gasteiger partial charge in [-0.25, -0.2) is 0 Å². The summed E-state index contributed by atoms with van der Waals surface area (Å²) in [5.41, 5.74) is 5.95. The first kappa shape index (κ1) is 19.7. The number of carbonyl (C=O) groups is 1. The van der Waals surface area contributed by atoms with Crippen molar-refractivity contribution < 1.29 is 9.53 Å². The second kappa shape index (κ2) is 8.10. The summed E-state index contributed by atoms with van der Waals surface area (Å²) in [6, 6.07) is 20.8. The first-order chi connectivity index (χ1) is 15.1. The molecular formula is C27H28N2O2. The number of hydrogen-bond acceptors (Lipinski definition) is 2. The standard InChI is InChI=1S/C27H28N2O2/c1-3-29-25-11-7-6-10-23(25)24-17-21(13-15-26(24)29)28-27(30)18(2)31-22-14-12-19-8-4-5-9-20(19)16-22/h6-7,10-18H,3-5,8-9H2,1-2H3,(H,28,30)/t18-/m1/s1. The van der Waals surface area contributed by atoms with Gasteiger partial charge in [-0.05, 0) is 87.1 Å². The van der Waals surface area contributed by atoms with Crippen molar-refractivity contribution in [1.29, 1.82) is 0 Å². The van der Waals surface area contributed by atoms with Gasteiger partial charge < -0.3 is 14.6 Å². The molecule has 1 aromatic heterocycles. The average molecular weight is 413 g/mol. The second-order valence-electron chi connectivity index (χ2n) is 8.38. The molecule has 0 saturated carbocycles. The number of nitrogens with one attached hydrogen (secondary N) is 1. The maximum Gasteiger partial charge on any atom is 0.265 e. The molecule has 0 aliphatic heterocycles. The number of anilines is 1. The number of aryl methyl sites for hydroxylation is 3. The van der Waals surface area contributed by atoms with Crippen LogP contribution in [0.15, 0.2) is 60.7 Å². The molecule has 1 aliphatic carbocycles. The van der Waals surface area contributed by atoms with Crippen LogP contribution in [-0.4, -0.2) is 16.6 Å². The summed E-state index contributed by atoms with van der Waals surface area (Å²) in [5, 5.41) is 5.39. The van der Waals surface area contributed by atoms with Crippen LogP contribution >= 0.6 is 0 Å². The lowest BCUT2D eigenvalue weighted by atomic mass is 9.92. The minimum absolute atomic E-state index is 0.142. The van der Waals surface area contributed by atoms with E-state index in [2.05, 4.69) is 65.3 Å².